The molecule has 2 aromatic carbocycles. The van der Waals surface area contributed by atoms with Crippen LogP contribution >= 0.6 is 0 Å². The number of fused-ring (bicyclic) bond motifs is 1. The molecule has 0 unspecified atom stereocenters. The molecular formula is C22H27NO3. The average Bonchev–Trinajstić information content (AvgIpc) is 2.66. The normalized spacial score (nSPS) is 18.8. The van der Waals surface area contributed by atoms with Gasteiger partial charge in [-0.1, -0.05) is 43.3 Å². The van der Waals surface area contributed by atoms with Crippen LogP contribution in [0.2, 0.25) is 0 Å². The fraction of sp³-hybridized carbons (Fsp3) is 0.409. The molecule has 0 aliphatic heterocycles. The SMILES string of the molecule is CCOC(=O)COc1ccc2c(c1)C[C@H](NCc1ccccc1)[C@H](C)C2. The summed E-state index contributed by atoms with van der Waals surface area (Å²) in [6.45, 7) is 5.30. The highest BCUT2D eigenvalue weighted by Gasteiger charge is 2.25. The number of rotatable bonds is 7. The Morgan fingerprint density at radius 2 is 1.92 bits per heavy atom. The molecule has 4 heteroatoms. The summed E-state index contributed by atoms with van der Waals surface area (Å²) in [5.41, 5.74) is 3.98. The van der Waals surface area contributed by atoms with Gasteiger partial charge in [0.15, 0.2) is 6.61 Å². The van der Waals surface area contributed by atoms with Crippen LogP contribution in [0.25, 0.3) is 0 Å². The smallest absolute Gasteiger partial charge is 0.344 e. The van der Waals surface area contributed by atoms with Crippen molar-refractivity contribution in [1.82, 2.24) is 5.32 Å². The lowest BCUT2D eigenvalue weighted by Crippen LogP contribution is -2.40. The van der Waals surface area contributed by atoms with Gasteiger partial charge >= 0.3 is 5.97 Å². The lowest BCUT2D eigenvalue weighted by Gasteiger charge is -2.32. The molecule has 0 amide bonds. The first-order valence-electron chi connectivity index (χ1n) is 9.33. The highest BCUT2D eigenvalue weighted by molar-refractivity contribution is 5.71. The zero-order valence-electron chi connectivity index (χ0n) is 15.5. The molecule has 4 nitrogen and oxygen atoms in total. The summed E-state index contributed by atoms with van der Waals surface area (Å²) in [5.74, 6) is 0.979. The highest BCUT2D eigenvalue weighted by Crippen LogP contribution is 2.29. The van der Waals surface area contributed by atoms with E-state index in [1.165, 1.54) is 16.7 Å². The van der Waals surface area contributed by atoms with Gasteiger partial charge in [-0.3, -0.25) is 0 Å². The number of benzene rings is 2. The molecule has 26 heavy (non-hydrogen) atoms. The maximum Gasteiger partial charge on any atom is 0.344 e. The Hall–Kier alpha value is -2.33. The van der Waals surface area contributed by atoms with Crippen molar-refractivity contribution in [2.45, 2.75) is 39.3 Å². The van der Waals surface area contributed by atoms with Crippen molar-refractivity contribution in [3.63, 3.8) is 0 Å². The zero-order valence-corrected chi connectivity index (χ0v) is 15.5. The summed E-state index contributed by atoms with van der Waals surface area (Å²) in [5, 5.41) is 3.70. The van der Waals surface area contributed by atoms with Gasteiger partial charge in [0.2, 0.25) is 0 Å². The molecule has 0 heterocycles. The van der Waals surface area contributed by atoms with Crippen molar-refractivity contribution in [3.8, 4) is 5.75 Å². The van der Waals surface area contributed by atoms with Gasteiger partial charge in [-0.25, -0.2) is 4.79 Å². The van der Waals surface area contributed by atoms with E-state index in [4.69, 9.17) is 9.47 Å². The first-order chi connectivity index (χ1) is 12.7. The third kappa shape index (κ3) is 4.85. The second kappa shape index (κ2) is 8.86. The molecule has 0 saturated carbocycles. The van der Waals surface area contributed by atoms with Crippen molar-refractivity contribution in [3.05, 3.63) is 65.2 Å². The molecule has 0 saturated heterocycles. The topological polar surface area (TPSA) is 47.6 Å². The summed E-state index contributed by atoms with van der Waals surface area (Å²) < 4.78 is 10.5. The summed E-state index contributed by atoms with van der Waals surface area (Å²) in [7, 11) is 0. The van der Waals surface area contributed by atoms with E-state index in [-0.39, 0.29) is 12.6 Å². The molecule has 1 N–H and O–H groups in total. The van der Waals surface area contributed by atoms with E-state index in [1.54, 1.807) is 6.92 Å². The van der Waals surface area contributed by atoms with Crippen LogP contribution in [0.1, 0.15) is 30.5 Å². The summed E-state index contributed by atoms with van der Waals surface area (Å²) in [6, 6.07) is 17.1. The minimum atomic E-state index is -0.332. The fourth-order valence-corrected chi connectivity index (χ4v) is 3.47. The Balaban J connectivity index is 1.61. The molecular weight excluding hydrogens is 326 g/mol. The summed E-state index contributed by atoms with van der Waals surface area (Å²) >= 11 is 0. The average molecular weight is 353 g/mol. The predicted octanol–water partition coefficient (Wildman–Crippen LogP) is 3.52. The fourth-order valence-electron chi connectivity index (χ4n) is 3.47. The number of ether oxygens (including phenoxy) is 2. The molecule has 2 aromatic rings. The zero-order chi connectivity index (χ0) is 18.4. The number of hydrogen-bond donors (Lipinski definition) is 1. The Bertz CT molecular complexity index is 729. The van der Waals surface area contributed by atoms with Gasteiger partial charge in [-0.15, -0.1) is 0 Å². The lowest BCUT2D eigenvalue weighted by molar-refractivity contribution is -0.145. The Morgan fingerprint density at radius 3 is 2.69 bits per heavy atom. The van der Waals surface area contributed by atoms with Gasteiger partial charge in [-0.2, -0.15) is 0 Å². The van der Waals surface area contributed by atoms with Gasteiger partial charge in [0, 0.05) is 12.6 Å². The Morgan fingerprint density at radius 1 is 1.12 bits per heavy atom. The van der Waals surface area contributed by atoms with E-state index in [9.17, 15) is 4.79 Å². The predicted molar refractivity (Wildman–Crippen MR) is 102 cm³/mol. The van der Waals surface area contributed by atoms with Crippen LogP contribution in [-0.4, -0.2) is 25.2 Å². The third-order valence-electron chi connectivity index (χ3n) is 4.92. The van der Waals surface area contributed by atoms with Crippen molar-refractivity contribution in [2.24, 2.45) is 5.92 Å². The van der Waals surface area contributed by atoms with Gasteiger partial charge in [0.1, 0.15) is 5.75 Å². The van der Waals surface area contributed by atoms with Gasteiger partial charge in [-0.05, 0) is 54.5 Å². The number of hydrogen-bond acceptors (Lipinski definition) is 4. The van der Waals surface area contributed by atoms with Crippen LogP contribution in [-0.2, 0) is 28.9 Å². The van der Waals surface area contributed by atoms with Crippen molar-refractivity contribution in [2.75, 3.05) is 13.2 Å². The molecule has 3 rings (SSSR count). The van der Waals surface area contributed by atoms with Gasteiger partial charge in [0.05, 0.1) is 6.61 Å². The number of nitrogens with one attached hydrogen (secondary N) is 1. The van der Waals surface area contributed by atoms with Crippen LogP contribution in [0.5, 0.6) is 5.75 Å². The van der Waals surface area contributed by atoms with E-state index in [1.807, 2.05) is 12.1 Å². The van der Waals surface area contributed by atoms with Crippen molar-refractivity contribution in [1.29, 1.82) is 0 Å². The number of carbonyl (C=O) groups is 1. The second-order valence-electron chi connectivity index (χ2n) is 6.88. The molecule has 0 aromatic heterocycles. The molecule has 138 valence electrons. The van der Waals surface area contributed by atoms with E-state index in [2.05, 4.69) is 48.6 Å². The second-order valence-corrected chi connectivity index (χ2v) is 6.88. The van der Waals surface area contributed by atoms with Crippen LogP contribution in [0.4, 0.5) is 0 Å². The van der Waals surface area contributed by atoms with Crippen molar-refractivity contribution >= 4 is 5.97 Å². The van der Waals surface area contributed by atoms with Gasteiger partial charge < -0.3 is 14.8 Å². The summed E-state index contributed by atoms with van der Waals surface area (Å²) in [4.78, 5) is 11.5. The maximum absolute atomic E-state index is 11.5. The summed E-state index contributed by atoms with van der Waals surface area (Å²) in [6.07, 6.45) is 2.03. The minimum Gasteiger partial charge on any atom is -0.482 e. The van der Waals surface area contributed by atoms with E-state index in [0.717, 1.165) is 25.1 Å². The molecule has 0 spiro atoms. The standard InChI is InChI=1S/C22H27NO3/c1-3-25-22(24)15-26-20-10-9-18-11-16(2)21(13-19(18)12-20)23-14-17-7-5-4-6-8-17/h4-10,12,16,21,23H,3,11,13-15H2,1-2H3/t16-,21+/m1/s1. The minimum absolute atomic E-state index is 0.0429. The Labute approximate surface area is 155 Å². The van der Waals surface area contributed by atoms with Crippen LogP contribution in [0.3, 0.4) is 0 Å². The molecule has 0 bridgehead atoms. The number of esters is 1. The maximum atomic E-state index is 11.5. The van der Waals surface area contributed by atoms with Crippen LogP contribution in [0.15, 0.2) is 48.5 Å². The first-order valence-corrected chi connectivity index (χ1v) is 9.33. The van der Waals surface area contributed by atoms with E-state index >= 15 is 0 Å². The van der Waals surface area contributed by atoms with Crippen molar-refractivity contribution < 1.29 is 14.3 Å². The largest absolute Gasteiger partial charge is 0.482 e. The molecule has 1 aliphatic rings. The number of carbonyl (C=O) groups excluding carboxylic acids is 1. The molecule has 0 fully saturated rings. The Kier molecular flexibility index (Phi) is 6.29. The van der Waals surface area contributed by atoms with Crippen LogP contribution in [0, 0.1) is 5.92 Å². The highest BCUT2D eigenvalue weighted by atomic mass is 16.6. The van der Waals surface area contributed by atoms with E-state index < -0.39 is 0 Å². The first kappa shape index (κ1) is 18.5. The molecule has 1 aliphatic carbocycles. The van der Waals surface area contributed by atoms with Gasteiger partial charge in [0.25, 0.3) is 0 Å². The molecule has 2 atom stereocenters. The third-order valence-corrected chi connectivity index (χ3v) is 4.92. The molecule has 0 radical (unpaired) electrons. The monoisotopic (exact) mass is 353 g/mol. The van der Waals surface area contributed by atoms with Crippen LogP contribution < -0.4 is 10.1 Å². The lowest BCUT2D eigenvalue weighted by atomic mass is 9.81. The van der Waals surface area contributed by atoms with E-state index in [0.29, 0.717) is 18.6 Å². The quantitative estimate of drug-likeness (QED) is 0.774.